The molecule has 176 valence electrons. The van der Waals surface area contributed by atoms with Crippen molar-refractivity contribution in [2.75, 3.05) is 30.9 Å². The number of rotatable bonds is 6. The van der Waals surface area contributed by atoms with Crippen LogP contribution in [0.5, 0.6) is 5.75 Å². The zero-order chi connectivity index (χ0) is 24.6. The molecule has 1 fully saturated rings. The fraction of sp³-hybridized carbons (Fsp3) is 0.391. The number of H-pyrrole nitrogens is 1. The highest BCUT2D eigenvalue weighted by Gasteiger charge is 2.37. The molecule has 1 aromatic carbocycles. The summed E-state index contributed by atoms with van der Waals surface area (Å²) in [5.74, 6) is 1.39. The minimum absolute atomic E-state index is 0.0285. The van der Waals surface area contributed by atoms with Gasteiger partial charge >= 0.3 is 6.03 Å². The van der Waals surface area contributed by atoms with E-state index in [9.17, 15) is 14.9 Å². The summed E-state index contributed by atoms with van der Waals surface area (Å²) >= 11 is 0. The van der Waals surface area contributed by atoms with Crippen LogP contribution in [-0.2, 0) is 0 Å². The van der Waals surface area contributed by atoms with Crippen LogP contribution in [0.15, 0.2) is 23.0 Å². The highest BCUT2D eigenvalue weighted by molar-refractivity contribution is 5.93. The first kappa shape index (κ1) is 23.0. The summed E-state index contributed by atoms with van der Waals surface area (Å²) in [4.78, 5) is 44.8. The van der Waals surface area contributed by atoms with E-state index in [0.717, 1.165) is 6.42 Å². The summed E-state index contributed by atoms with van der Waals surface area (Å²) in [6.45, 7) is 6.15. The molecular weight excluding hydrogens is 436 g/mol. The number of amides is 2. The Morgan fingerprint density at radius 2 is 2.06 bits per heavy atom. The van der Waals surface area contributed by atoms with Crippen LogP contribution in [0.1, 0.15) is 43.3 Å². The van der Waals surface area contributed by atoms with Gasteiger partial charge in [-0.3, -0.25) is 9.69 Å². The van der Waals surface area contributed by atoms with Gasteiger partial charge in [-0.05, 0) is 32.4 Å². The maximum atomic E-state index is 12.8. The molecule has 2 atom stereocenters. The first-order valence-corrected chi connectivity index (χ1v) is 10.9. The lowest BCUT2D eigenvalue weighted by Crippen LogP contribution is -2.36. The topological polar surface area (TPSA) is 140 Å². The molecule has 0 aliphatic carbocycles. The fourth-order valence-corrected chi connectivity index (χ4v) is 4.12. The predicted octanol–water partition coefficient (Wildman–Crippen LogP) is 2.73. The van der Waals surface area contributed by atoms with E-state index in [-0.39, 0.29) is 29.5 Å². The number of aryl methyl sites for hydroxylation is 1. The van der Waals surface area contributed by atoms with Gasteiger partial charge in [-0.1, -0.05) is 6.92 Å². The van der Waals surface area contributed by atoms with Gasteiger partial charge in [0.15, 0.2) is 0 Å². The molecule has 0 radical (unpaired) electrons. The Morgan fingerprint density at radius 1 is 1.29 bits per heavy atom. The van der Waals surface area contributed by atoms with Crippen LogP contribution >= 0.6 is 0 Å². The van der Waals surface area contributed by atoms with E-state index in [4.69, 9.17) is 4.74 Å². The van der Waals surface area contributed by atoms with Crippen LogP contribution < -0.4 is 20.5 Å². The molecular formula is C23H26N8O3. The molecule has 2 aromatic heterocycles. The molecule has 1 aliphatic heterocycles. The minimum Gasteiger partial charge on any atom is -0.495 e. The maximum absolute atomic E-state index is 12.8. The third-order valence-corrected chi connectivity index (χ3v) is 5.93. The van der Waals surface area contributed by atoms with Crippen molar-refractivity contribution in [1.29, 1.82) is 5.26 Å². The number of likely N-dealkylation sites (N-methyl/N-ethyl adjacent to an activating group) is 1. The van der Waals surface area contributed by atoms with Gasteiger partial charge in [0.1, 0.15) is 17.6 Å². The van der Waals surface area contributed by atoms with Crippen LogP contribution in [0.3, 0.4) is 0 Å². The van der Waals surface area contributed by atoms with Crippen molar-refractivity contribution in [2.45, 2.75) is 39.3 Å². The molecule has 34 heavy (non-hydrogen) atoms. The fourth-order valence-electron chi connectivity index (χ4n) is 4.12. The predicted molar refractivity (Wildman–Crippen MR) is 127 cm³/mol. The number of carbonyl (C=O) groups excluding carboxylic acids is 1. The Bertz CT molecular complexity index is 1360. The van der Waals surface area contributed by atoms with Crippen molar-refractivity contribution in [3.8, 4) is 11.8 Å². The van der Waals surface area contributed by atoms with Crippen molar-refractivity contribution in [3.63, 3.8) is 0 Å². The second-order valence-electron chi connectivity index (χ2n) is 8.27. The molecule has 2 N–H and O–H groups in total. The Morgan fingerprint density at radius 3 is 2.74 bits per heavy atom. The number of aromatic amines is 1. The van der Waals surface area contributed by atoms with Gasteiger partial charge < -0.3 is 19.9 Å². The zero-order valence-electron chi connectivity index (χ0n) is 19.7. The SMILES string of the molecule is CC[C@H]1CN(C)C(=O)N1c1nc(C)nc(N[C@@H](C)c2cc3cc(C#N)c(OC)cc3[nH]c2=O)n1. The van der Waals surface area contributed by atoms with E-state index in [1.54, 1.807) is 42.0 Å². The molecule has 2 amide bonds. The average molecular weight is 463 g/mol. The lowest BCUT2D eigenvalue weighted by molar-refractivity contribution is 0.229. The molecule has 0 unspecified atom stereocenters. The van der Waals surface area contributed by atoms with Gasteiger partial charge in [0.25, 0.3) is 5.56 Å². The first-order chi connectivity index (χ1) is 16.2. The summed E-state index contributed by atoms with van der Waals surface area (Å²) in [5, 5.41) is 13.2. The number of aromatic nitrogens is 4. The van der Waals surface area contributed by atoms with Crippen molar-refractivity contribution in [3.05, 3.63) is 45.5 Å². The number of ether oxygens (including phenoxy) is 1. The van der Waals surface area contributed by atoms with E-state index < -0.39 is 6.04 Å². The van der Waals surface area contributed by atoms with Crippen LogP contribution in [-0.4, -0.2) is 57.6 Å². The van der Waals surface area contributed by atoms with Gasteiger partial charge in [-0.25, -0.2) is 4.79 Å². The normalized spacial score (nSPS) is 16.6. The standard InChI is InChI=1S/C23H26N8O3/c1-6-16-11-30(4)23(33)31(16)22-27-13(3)26-21(29-22)25-12(2)17-8-14-7-15(10-24)19(34-5)9-18(14)28-20(17)32/h7-9,12,16H,6,11H2,1-5H3,(H,28,32)(H,25,26,27,29)/t12-,16-/m0/s1. The number of nitrogens with zero attached hydrogens (tertiary/aromatic N) is 6. The van der Waals surface area contributed by atoms with Crippen molar-refractivity contribution < 1.29 is 9.53 Å². The summed E-state index contributed by atoms with van der Waals surface area (Å²) in [6, 6.07) is 6.48. The highest BCUT2D eigenvalue weighted by Crippen LogP contribution is 2.27. The molecule has 0 spiro atoms. The second-order valence-corrected chi connectivity index (χ2v) is 8.27. The zero-order valence-corrected chi connectivity index (χ0v) is 19.7. The number of benzene rings is 1. The third kappa shape index (κ3) is 4.10. The lowest BCUT2D eigenvalue weighted by atomic mass is 10.1. The number of hydrogen-bond donors (Lipinski definition) is 2. The van der Waals surface area contributed by atoms with E-state index in [2.05, 4.69) is 31.3 Å². The molecule has 0 saturated carbocycles. The number of carbonyl (C=O) groups is 1. The van der Waals surface area contributed by atoms with Gasteiger partial charge in [-0.2, -0.15) is 20.2 Å². The Balaban J connectivity index is 1.67. The van der Waals surface area contributed by atoms with E-state index in [0.29, 0.717) is 40.1 Å². The van der Waals surface area contributed by atoms with E-state index >= 15 is 0 Å². The first-order valence-electron chi connectivity index (χ1n) is 10.9. The smallest absolute Gasteiger partial charge is 0.327 e. The number of methoxy groups -OCH3 is 1. The Kier molecular flexibility index (Phi) is 6.06. The monoisotopic (exact) mass is 462 g/mol. The number of anilines is 2. The molecule has 11 heteroatoms. The van der Waals surface area contributed by atoms with Gasteiger partial charge in [0, 0.05) is 30.6 Å². The number of urea groups is 1. The van der Waals surface area contributed by atoms with Gasteiger partial charge in [0.2, 0.25) is 11.9 Å². The van der Waals surface area contributed by atoms with Crippen LogP contribution in [0.2, 0.25) is 0 Å². The average Bonchev–Trinajstić information content (AvgIpc) is 3.10. The second kappa shape index (κ2) is 8.97. The van der Waals surface area contributed by atoms with Gasteiger partial charge in [0.05, 0.1) is 30.3 Å². The largest absolute Gasteiger partial charge is 0.495 e. The molecule has 3 heterocycles. The Hall–Kier alpha value is -4.20. The molecule has 1 aliphatic rings. The van der Waals surface area contributed by atoms with Crippen molar-refractivity contribution in [1.82, 2.24) is 24.8 Å². The quantitative estimate of drug-likeness (QED) is 0.570. The summed E-state index contributed by atoms with van der Waals surface area (Å²) in [7, 11) is 3.22. The van der Waals surface area contributed by atoms with Gasteiger partial charge in [-0.15, -0.1) is 0 Å². The Labute approximate surface area is 196 Å². The number of nitrogens with one attached hydrogen (secondary N) is 2. The summed E-state index contributed by atoms with van der Waals surface area (Å²) < 4.78 is 5.22. The van der Waals surface area contributed by atoms with Crippen molar-refractivity contribution >= 4 is 28.8 Å². The van der Waals surface area contributed by atoms with E-state index in [1.165, 1.54) is 7.11 Å². The van der Waals surface area contributed by atoms with Crippen LogP contribution in [0.25, 0.3) is 10.9 Å². The highest BCUT2D eigenvalue weighted by atomic mass is 16.5. The molecule has 11 nitrogen and oxygen atoms in total. The molecule has 3 aromatic rings. The molecule has 1 saturated heterocycles. The van der Waals surface area contributed by atoms with E-state index in [1.807, 2.05) is 13.8 Å². The third-order valence-electron chi connectivity index (χ3n) is 5.93. The van der Waals surface area contributed by atoms with Crippen LogP contribution in [0, 0.1) is 18.3 Å². The molecule has 0 bridgehead atoms. The number of fused-ring (bicyclic) bond motifs is 1. The maximum Gasteiger partial charge on any atom is 0.327 e. The number of pyridine rings is 1. The minimum atomic E-state index is -0.464. The summed E-state index contributed by atoms with van der Waals surface area (Å²) in [5.41, 5.74) is 1.10. The lowest BCUT2D eigenvalue weighted by Gasteiger charge is -2.21. The summed E-state index contributed by atoms with van der Waals surface area (Å²) in [6.07, 6.45) is 0.766. The van der Waals surface area contributed by atoms with Crippen LogP contribution in [0.4, 0.5) is 16.7 Å². The number of hydrogen-bond acceptors (Lipinski definition) is 8. The number of nitriles is 1. The van der Waals surface area contributed by atoms with Crippen molar-refractivity contribution in [2.24, 2.45) is 0 Å². The molecule has 4 rings (SSSR count).